The zero-order chi connectivity index (χ0) is 14.7. The fourth-order valence-electron chi connectivity index (χ4n) is 2.86. The van der Waals surface area contributed by atoms with Gasteiger partial charge in [0.1, 0.15) is 5.82 Å². The average Bonchev–Trinajstić information content (AvgIpc) is 3.12. The van der Waals surface area contributed by atoms with Crippen molar-refractivity contribution in [2.75, 3.05) is 12.3 Å². The number of nitrogens with zero attached hydrogens (tertiary/aromatic N) is 2. The van der Waals surface area contributed by atoms with Crippen LogP contribution < -0.4 is 5.32 Å². The van der Waals surface area contributed by atoms with Crippen molar-refractivity contribution in [3.63, 3.8) is 0 Å². The van der Waals surface area contributed by atoms with Gasteiger partial charge < -0.3 is 9.88 Å². The Kier molecular flexibility index (Phi) is 5.03. The maximum atomic E-state index is 4.54. The van der Waals surface area contributed by atoms with Crippen LogP contribution in [0.25, 0.3) is 0 Å². The lowest BCUT2D eigenvalue weighted by Gasteiger charge is -2.16. The van der Waals surface area contributed by atoms with Gasteiger partial charge >= 0.3 is 0 Å². The SMILES string of the molecule is CCNC(Cc1nccn1CC)c1cc2c(s1)CCSC2. The molecule has 21 heavy (non-hydrogen) atoms. The van der Waals surface area contributed by atoms with Gasteiger partial charge in [0, 0.05) is 46.9 Å². The van der Waals surface area contributed by atoms with Crippen molar-refractivity contribution >= 4 is 23.1 Å². The maximum Gasteiger partial charge on any atom is 0.110 e. The molecular formula is C16H23N3S2. The first-order chi connectivity index (χ1) is 10.3. The van der Waals surface area contributed by atoms with Gasteiger partial charge in [0.25, 0.3) is 0 Å². The predicted octanol–water partition coefficient (Wildman–Crippen LogP) is 3.65. The van der Waals surface area contributed by atoms with E-state index in [0.717, 1.165) is 19.5 Å². The third-order valence-electron chi connectivity index (χ3n) is 3.97. The number of hydrogen-bond donors (Lipinski definition) is 1. The van der Waals surface area contributed by atoms with E-state index in [9.17, 15) is 0 Å². The molecule has 114 valence electrons. The third-order valence-corrected chi connectivity index (χ3v) is 6.33. The molecule has 0 aromatic carbocycles. The summed E-state index contributed by atoms with van der Waals surface area (Å²) in [6, 6.07) is 2.82. The molecule has 1 aliphatic heterocycles. The summed E-state index contributed by atoms with van der Waals surface area (Å²) in [5, 5.41) is 3.65. The Morgan fingerprint density at radius 2 is 2.33 bits per heavy atom. The second kappa shape index (κ2) is 6.99. The molecule has 0 fully saturated rings. The molecule has 2 aromatic rings. The molecule has 5 heteroatoms. The van der Waals surface area contributed by atoms with Crippen LogP contribution in [0.3, 0.4) is 0 Å². The topological polar surface area (TPSA) is 29.9 Å². The van der Waals surface area contributed by atoms with Crippen LogP contribution in [0, 0.1) is 0 Å². The van der Waals surface area contributed by atoms with E-state index in [4.69, 9.17) is 0 Å². The van der Waals surface area contributed by atoms with Crippen molar-refractivity contribution in [1.82, 2.24) is 14.9 Å². The van der Waals surface area contributed by atoms with Crippen molar-refractivity contribution in [2.45, 2.75) is 45.0 Å². The summed E-state index contributed by atoms with van der Waals surface area (Å²) in [6.07, 6.45) is 6.21. The highest BCUT2D eigenvalue weighted by atomic mass is 32.2. The number of thiophene rings is 1. The number of imidazole rings is 1. The van der Waals surface area contributed by atoms with Crippen LogP contribution in [0.1, 0.15) is 41.0 Å². The molecule has 3 rings (SSSR count). The summed E-state index contributed by atoms with van der Waals surface area (Å²) in [4.78, 5) is 7.62. The standard InChI is InChI=1S/C16H23N3S2/c1-3-17-13(10-16-18-6-7-19(16)4-2)15-9-12-11-20-8-5-14(12)21-15/h6-7,9,13,17H,3-5,8,10-11H2,1-2H3. The molecule has 0 radical (unpaired) electrons. The van der Waals surface area contributed by atoms with Crippen LogP contribution in [-0.4, -0.2) is 21.8 Å². The van der Waals surface area contributed by atoms with Crippen molar-refractivity contribution < 1.29 is 0 Å². The number of fused-ring (bicyclic) bond motifs is 1. The third kappa shape index (κ3) is 3.35. The Morgan fingerprint density at radius 1 is 1.43 bits per heavy atom. The van der Waals surface area contributed by atoms with Crippen LogP contribution in [-0.2, 0) is 25.1 Å². The largest absolute Gasteiger partial charge is 0.335 e. The zero-order valence-corrected chi connectivity index (χ0v) is 14.4. The number of aryl methyl sites for hydroxylation is 2. The van der Waals surface area contributed by atoms with Crippen LogP contribution in [0.5, 0.6) is 0 Å². The van der Waals surface area contributed by atoms with Crippen molar-refractivity contribution in [1.29, 1.82) is 0 Å². The first kappa shape index (κ1) is 15.1. The minimum Gasteiger partial charge on any atom is -0.335 e. The Morgan fingerprint density at radius 3 is 3.10 bits per heavy atom. The van der Waals surface area contributed by atoms with Gasteiger partial charge in [0.2, 0.25) is 0 Å². The quantitative estimate of drug-likeness (QED) is 0.881. The molecule has 0 saturated carbocycles. The molecule has 1 N–H and O–H groups in total. The normalized spacial score (nSPS) is 15.9. The average molecular weight is 322 g/mol. The van der Waals surface area contributed by atoms with Gasteiger partial charge in [-0.05, 0) is 37.3 Å². The lowest BCUT2D eigenvalue weighted by molar-refractivity contribution is 0.529. The van der Waals surface area contributed by atoms with Gasteiger partial charge in [-0.15, -0.1) is 11.3 Å². The van der Waals surface area contributed by atoms with E-state index >= 15 is 0 Å². The molecule has 0 spiro atoms. The number of hydrogen-bond acceptors (Lipinski definition) is 4. The molecule has 1 aliphatic rings. The van der Waals surface area contributed by atoms with E-state index in [1.165, 1.54) is 28.6 Å². The van der Waals surface area contributed by atoms with Crippen molar-refractivity contribution in [3.05, 3.63) is 39.6 Å². The Hall–Kier alpha value is -0.780. The van der Waals surface area contributed by atoms with Crippen LogP contribution in [0.4, 0.5) is 0 Å². The molecule has 1 unspecified atom stereocenters. The van der Waals surface area contributed by atoms with Crippen LogP contribution in [0.2, 0.25) is 0 Å². The number of rotatable bonds is 6. The number of aromatic nitrogens is 2. The van der Waals surface area contributed by atoms with Crippen molar-refractivity contribution in [3.8, 4) is 0 Å². The second-order valence-corrected chi connectivity index (χ2v) is 7.62. The molecule has 1 atom stereocenters. The fourth-order valence-corrected chi connectivity index (χ4v) is 5.31. The van der Waals surface area contributed by atoms with Gasteiger partial charge in [-0.2, -0.15) is 11.8 Å². The van der Waals surface area contributed by atoms with Gasteiger partial charge in [-0.25, -0.2) is 4.98 Å². The minimum atomic E-state index is 0.392. The number of thioether (sulfide) groups is 1. The lowest BCUT2D eigenvalue weighted by atomic mass is 10.1. The molecule has 3 heterocycles. The Labute approximate surface area is 135 Å². The van der Waals surface area contributed by atoms with E-state index in [-0.39, 0.29) is 0 Å². The van der Waals surface area contributed by atoms with Crippen LogP contribution in [0.15, 0.2) is 18.5 Å². The van der Waals surface area contributed by atoms with Gasteiger partial charge in [0.05, 0.1) is 0 Å². The number of likely N-dealkylation sites (N-methyl/N-ethyl adjacent to an activating group) is 1. The lowest BCUT2D eigenvalue weighted by Crippen LogP contribution is -2.23. The summed E-state index contributed by atoms with van der Waals surface area (Å²) < 4.78 is 2.24. The summed E-state index contributed by atoms with van der Waals surface area (Å²) in [6.45, 7) is 6.34. The van der Waals surface area contributed by atoms with Gasteiger partial charge in [-0.1, -0.05) is 6.92 Å². The predicted molar refractivity (Wildman–Crippen MR) is 92.2 cm³/mol. The maximum absolute atomic E-state index is 4.54. The highest BCUT2D eigenvalue weighted by molar-refractivity contribution is 7.98. The van der Waals surface area contributed by atoms with Gasteiger partial charge in [0.15, 0.2) is 0 Å². The van der Waals surface area contributed by atoms with E-state index in [0.29, 0.717) is 6.04 Å². The molecule has 0 saturated heterocycles. The van der Waals surface area contributed by atoms with Crippen LogP contribution >= 0.6 is 23.1 Å². The summed E-state index contributed by atoms with van der Waals surface area (Å²) in [7, 11) is 0. The van der Waals surface area contributed by atoms with E-state index in [1.807, 2.05) is 17.5 Å². The molecule has 0 bridgehead atoms. The zero-order valence-electron chi connectivity index (χ0n) is 12.8. The second-order valence-electron chi connectivity index (χ2n) is 5.34. The summed E-state index contributed by atoms with van der Waals surface area (Å²) in [5.41, 5.74) is 1.56. The molecule has 0 aliphatic carbocycles. The Bertz CT molecular complexity index is 565. The smallest absolute Gasteiger partial charge is 0.110 e. The first-order valence-corrected chi connectivity index (χ1v) is 9.71. The molecule has 2 aromatic heterocycles. The fraction of sp³-hybridized carbons (Fsp3) is 0.562. The van der Waals surface area contributed by atoms with Gasteiger partial charge in [-0.3, -0.25) is 0 Å². The van der Waals surface area contributed by atoms with E-state index < -0.39 is 0 Å². The highest BCUT2D eigenvalue weighted by Crippen LogP contribution is 2.35. The first-order valence-electron chi connectivity index (χ1n) is 7.74. The molecular weight excluding hydrogens is 298 g/mol. The molecule has 3 nitrogen and oxygen atoms in total. The monoisotopic (exact) mass is 321 g/mol. The highest BCUT2D eigenvalue weighted by Gasteiger charge is 2.20. The summed E-state index contributed by atoms with van der Waals surface area (Å²) >= 11 is 4.06. The van der Waals surface area contributed by atoms with E-state index in [2.05, 4.69) is 52.7 Å². The number of nitrogens with one attached hydrogen (secondary N) is 1. The van der Waals surface area contributed by atoms with Crippen molar-refractivity contribution in [2.24, 2.45) is 0 Å². The van der Waals surface area contributed by atoms with E-state index in [1.54, 1.807) is 10.4 Å². The minimum absolute atomic E-state index is 0.392. The summed E-state index contributed by atoms with van der Waals surface area (Å²) in [5.74, 6) is 3.65. The Balaban J connectivity index is 1.82. The molecule has 0 amide bonds.